The monoisotopic (exact) mass is 365 g/mol. The van der Waals surface area contributed by atoms with E-state index in [9.17, 15) is 21.6 Å². The van der Waals surface area contributed by atoms with E-state index >= 15 is 0 Å². The van der Waals surface area contributed by atoms with Gasteiger partial charge in [0.1, 0.15) is 0 Å². The predicted octanol–water partition coefficient (Wildman–Crippen LogP) is 2.02. The molecule has 1 fully saturated rings. The molecule has 1 aromatic carbocycles. The predicted molar refractivity (Wildman–Crippen MR) is 85.5 cm³/mol. The number of halogens is 3. The molecule has 1 heterocycles. The summed E-state index contributed by atoms with van der Waals surface area (Å²) in [5.74, 6) is 0. The van der Waals surface area contributed by atoms with E-state index in [2.05, 4.69) is 4.90 Å². The molecule has 1 aromatic rings. The molecule has 9 heteroatoms. The lowest BCUT2D eigenvalue weighted by Crippen LogP contribution is -2.42. The lowest BCUT2D eigenvalue weighted by Gasteiger charge is -2.24. The van der Waals surface area contributed by atoms with Crippen molar-refractivity contribution < 1.29 is 21.6 Å². The van der Waals surface area contributed by atoms with E-state index in [-0.39, 0.29) is 0 Å². The van der Waals surface area contributed by atoms with Crippen LogP contribution >= 0.6 is 0 Å². The quantitative estimate of drug-likeness (QED) is 0.820. The van der Waals surface area contributed by atoms with Crippen molar-refractivity contribution in [3.8, 4) is 0 Å². The average molecular weight is 365 g/mol. The second-order valence-corrected chi connectivity index (χ2v) is 8.16. The summed E-state index contributed by atoms with van der Waals surface area (Å²) in [6.07, 6.45) is -3.64. The van der Waals surface area contributed by atoms with E-state index < -0.39 is 21.9 Å². The minimum atomic E-state index is -4.33. The van der Waals surface area contributed by atoms with Crippen molar-refractivity contribution in [2.45, 2.75) is 19.1 Å². The molecule has 0 atom stereocenters. The summed E-state index contributed by atoms with van der Waals surface area (Å²) in [4.78, 5) is 2.06. The molecule has 2 rings (SSSR count). The first-order chi connectivity index (χ1) is 11.1. The topological polar surface area (TPSA) is 43.9 Å². The lowest BCUT2D eigenvalue weighted by atomic mass is 10.1. The fraction of sp³-hybridized carbons (Fsp3) is 0.600. The van der Waals surface area contributed by atoms with Gasteiger partial charge in [-0.05, 0) is 30.7 Å². The number of nitrogens with zero attached hydrogens (tertiary/aromatic N) is 3. The molecular weight excluding hydrogens is 343 g/mol. The first-order valence-corrected chi connectivity index (χ1v) is 9.06. The Hall–Kier alpha value is -1.16. The van der Waals surface area contributed by atoms with Crippen LogP contribution in [0.2, 0.25) is 0 Å². The molecule has 1 aliphatic heterocycles. The summed E-state index contributed by atoms with van der Waals surface area (Å²) in [5.41, 5.74) is 0.122. The molecule has 5 nitrogen and oxygen atoms in total. The standard InChI is InChI=1S/C15H22F3N3O2S/c1-19(2)24(22,23)21-9-3-8-20(10-11-21)12-13-4-6-14(7-5-13)15(16,17)18/h4-7H,3,8-12H2,1-2H3. The van der Waals surface area contributed by atoms with E-state index in [4.69, 9.17) is 0 Å². The number of rotatable bonds is 4. The summed E-state index contributed by atoms with van der Waals surface area (Å²) >= 11 is 0. The van der Waals surface area contributed by atoms with Gasteiger partial charge in [0.15, 0.2) is 0 Å². The Kier molecular flexibility index (Phi) is 5.90. The van der Waals surface area contributed by atoms with E-state index in [1.807, 2.05) is 0 Å². The van der Waals surface area contributed by atoms with E-state index in [1.165, 1.54) is 34.8 Å². The van der Waals surface area contributed by atoms with Crippen molar-refractivity contribution >= 4 is 10.2 Å². The Balaban J connectivity index is 1.98. The highest BCUT2D eigenvalue weighted by molar-refractivity contribution is 7.86. The van der Waals surface area contributed by atoms with Crippen LogP contribution in [0.15, 0.2) is 24.3 Å². The maximum atomic E-state index is 12.6. The first kappa shape index (κ1) is 19.2. The molecule has 24 heavy (non-hydrogen) atoms. The Bertz CT molecular complexity index is 645. The van der Waals surface area contributed by atoms with Crippen LogP contribution in [-0.2, 0) is 22.9 Å². The molecule has 0 amide bonds. The summed E-state index contributed by atoms with van der Waals surface area (Å²) in [6.45, 7) is 2.59. The molecule has 0 N–H and O–H groups in total. The second kappa shape index (κ2) is 7.38. The van der Waals surface area contributed by atoms with Crippen LogP contribution in [0.5, 0.6) is 0 Å². The maximum Gasteiger partial charge on any atom is 0.416 e. The molecule has 0 spiro atoms. The maximum absolute atomic E-state index is 12.6. The normalized spacial score (nSPS) is 18.8. The molecule has 0 unspecified atom stereocenters. The molecule has 0 aromatic heterocycles. The number of alkyl halides is 3. The Morgan fingerprint density at radius 1 is 1.04 bits per heavy atom. The van der Waals surface area contributed by atoms with Crippen LogP contribution in [0.25, 0.3) is 0 Å². The van der Waals surface area contributed by atoms with Gasteiger partial charge in [-0.3, -0.25) is 4.90 Å². The van der Waals surface area contributed by atoms with Crippen molar-refractivity contribution in [2.75, 3.05) is 40.3 Å². The molecule has 136 valence electrons. The van der Waals surface area contributed by atoms with Gasteiger partial charge in [-0.2, -0.15) is 30.2 Å². The van der Waals surface area contributed by atoms with Gasteiger partial charge in [-0.25, -0.2) is 0 Å². The van der Waals surface area contributed by atoms with Crippen molar-refractivity contribution in [3.05, 3.63) is 35.4 Å². The van der Waals surface area contributed by atoms with E-state index in [0.717, 1.165) is 17.7 Å². The molecular formula is C15H22F3N3O2S. The number of hydrogen-bond donors (Lipinski definition) is 0. The van der Waals surface area contributed by atoms with Crippen molar-refractivity contribution in [2.24, 2.45) is 0 Å². The summed E-state index contributed by atoms with van der Waals surface area (Å²) in [7, 11) is -0.426. The highest BCUT2D eigenvalue weighted by Crippen LogP contribution is 2.29. The van der Waals surface area contributed by atoms with E-state index in [1.54, 1.807) is 0 Å². The molecule has 0 bridgehead atoms. The van der Waals surface area contributed by atoms with Gasteiger partial charge in [-0.15, -0.1) is 0 Å². The van der Waals surface area contributed by atoms with Crippen LogP contribution in [0.3, 0.4) is 0 Å². The second-order valence-electron chi connectivity index (χ2n) is 6.01. The van der Waals surface area contributed by atoms with Gasteiger partial charge in [0.25, 0.3) is 10.2 Å². The fourth-order valence-corrected chi connectivity index (χ4v) is 3.76. The molecule has 0 radical (unpaired) electrons. The number of benzene rings is 1. The highest BCUT2D eigenvalue weighted by Gasteiger charge is 2.30. The minimum Gasteiger partial charge on any atom is -0.298 e. The van der Waals surface area contributed by atoms with Gasteiger partial charge < -0.3 is 0 Å². The smallest absolute Gasteiger partial charge is 0.298 e. The largest absolute Gasteiger partial charge is 0.416 e. The van der Waals surface area contributed by atoms with Gasteiger partial charge in [0.05, 0.1) is 5.56 Å². The van der Waals surface area contributed by atoms with Crippen molar-refractivity contribution in [3.63, 3.8) is 0 Å². The Morgan fingerprint density at radius 3 is 2.21 bits per heavy atom. The number of hydrogen-bond acceptors (Lipinski definition) is 3. The zero-order chi connectivity index (χ0) is 18.0. The first-order valence-electron chi connectivity index (χ1n) is 7.67. The highest BCUT2D eigenvalue weighted by atomic mass is 32.2. The van der Waals surface area contributed by atoms with Crippen molar-refractivity contribution in [1.82, 2.24) is 13.5 Å². The van der Waals surface area contributed by atoms with E-state index in [0.29, 0.717) is 39.1 Å². The van der Waals surface area contributed by atoms with Gasteiger partial charge >= 0.3 is 6.18 Å². The molecule has 0 saturated carbocycles. The third-order valence-corrected chi connectivity index (χ3v) is 5.96. The van der Waals surface area contributed by atoms with Crippen LogP contribution in [0.1, 0.15) is 17.5 Å². The third-order valence-electron chi connectivity index (χ3n) is 4.02. The zero-order valence-corrected chi connectivity index (χ0v) is 14.6. The third kappa shape index (κ3) is 4.69. The van der Waals surface area contributed by atoms with Crippen LogP contribution in [-0.4, -0.2) is 62.2 Å². The van der Waals surface area contributed by atoms with Gasteiger partial charge in [0.2, 0.25) is 0 Å². The van der Waals surface area contributed by atoms with Crippen LogP contribution < -0.4 is 0 Å². The van der Waals surface area contributed by atoms with Crippen LogP contribution in [0.4, 0.5) is 13.2 Å². The molecule has 0 aliphatic carbocycles. The Morgan fingerprint density at radius 2 is 1.67 bits per heavy atom. The molecule has 1 saturated heterocycles. The Labute approximate surface area is 140 Å². The molecule has 1 aliphatic rings. The van der Waals surface area contributed by atoms with Gasteiger partial charge in [0, 0.05) is 40.3 Å². The van der Waals surface area contributed by atoms with Crippen LogP contribution in [0, 0.1) is 0 Å². The zero-order valence-electron chi connectivity index (χ0n) is 13.8. The van der Waals surface area contributed by atoms with Gasteiger partial charge in [-0.1, -0.05) is 12.1 Å². The summed E-state index contributed by atoms with van der Waals surface area (Å²) in [5, 5.41) is 0. The fourth-order valence-electron chi connectivity index (χ4n) is 2.62. The van der Waals surface area contributed by atoms with Crippen molar-refractivity contribution in [1.29, 1.82) is 0 Å². The minimum absolute atomic E-state index is 0.376. The lowest BCUT2D eigenvalue weighted by molar-refractivity contribution is -0.137. The summed E-state index contributed by atoms with van der Waals surface area (Å²) < 4.78 is 64.7. The SMILES string of the molecule is CN(C)S(=O)(=O)N1CCCN(Cc2ccc(C(F)(F)F)cc2)CC1. The summed E-state index contributed by atoms with van der Waals surface area (Å²) in [6, 6.07) is 5.11. The average Bonchev–Trinajstić information content (AvgIpc) is 2.73.